The molecule has 0 aromatic carbocycles. The van der Waals surface area contributed by atoms with Crippen LogP contribution in [0.1, 0.15) is 101 Å². The summed E-state index contributed by atoms with van der Waals surface area (Å²) in [7, 11) is 0. The normalized spacial score (nSPS) is 12.7. The largest absolute Gasteiger partial charge is 0.149 e. The topological polar surface area (TPSA) is 0 Å². The van der Waals surface area contributed by atoms with Gasteiger partial charge in [0, 0.05) is 4.88 Å². The molecule has 0 aliphatic rings. The maximum absolute atomic E-state index is 4.04. The molecule has 1 radical (unpaired) electrons. The quantitative estimate of drug-likeness (QED) is 0.308. The fourth-order valence-corrected chi connectivity index (χ4v) is 3.98. The van der Waals surface area contributed by atoms with E-state index in [0.717, 1.165) is 12.3 Å². The number of rotatable bonds is 14. The summed E-state index contributed by atoms with van der Waals surface area (Å²) in [6.45, 7) is 6.33. The van der Waals surface area contributed by atoms with Gasteiger partial charge in [-0.2, -0.15) is 0 Å². The first kappa shape index (κ1) is 18.7. The molecule has 21 heavy (non-hydrogen) atoms. The highest BCUT2D eigenvalue weighted by Gasteiger charge is 2.10. The van der Waals surface area contributed by atoms with Crippen molar-refractivity contribution in [1.29, 1.82) is 0 Å². The second kappa shape index (κ2) is 13.4. The molecule has 1 aromatic rings. The first-order chi connectivity index (χ1) is 10.4. The maximum Gasteiger partial charge on any atom is 0.00761 e. The van der Waals surface area contributed by atoms with Crippen LogP contribution < -0.4 is 0 Å². The Morgan fingerprint density at radius 2 is 1.52 bits per heavy atom. The standard InChI is InChI=1S/C20H35S/c1-3-5-6-7-8-9-10-11-12-13-16-19(15-4-2)20-17-14-18-21-20/h14,17-19H,2-13,15-16H2,1H3. The molecule has 0 bridgehead atoms. The van der Waals surface area contributed by atoms with E-state index in [-0.39, 0.29) is 0 Å². The van der Waals surface area contributed by atoms with E-state index in [1.54, 1.807) is 4.88 Å². The van der Waals surface area contributed by atoms with Crippen molar-refractivity contribution in [2.45, 2.75) is 96.3 Å². The second-order valence-electron chi connectivity index (χ2n) is 6.33. The zero-order valence-corrected chi connectivity index (χ0v) is 14.9. The highest BCUT2D eigenvalue weighted by molar-refractivity contribution is 7.10. The van der Waals surface area contributed by atoms with E-state index in [2.05, 4.69) is 31.4 Å². The van der Waals surface area contributed by atoms with Crippen LogP contribution in [0.2, 0.25) is 0 Å². The summed E-state index contributed by atoms with van der Waals surface area (Å²) >= 11 is 1.92. The van der Waals surface area contributed by atoms with Crippen LogP contribution in [0.15, 0.2) is 17.5 Å². The molecule has 0 nitrogen and oxygen atoms in total. The second-order valence-corrected chi connectivity index (χ2v) is 7.30. The SMILES string of the molecule is [CH2]CCC(CCCCCCCCCCCC)c1cccs1. The third kappa shape index (κ3) is 9.34. The minimum Gasteiger partial charge on any atom is -0.149 e. The number of thiophene rings is 1. The molecule has 121 valence electrons. The fourth-order valence-electron chi connectivity index (χ4n) is 3.08. The Labute approximate surface area is 137 Å². The van der Waals surface area contributed by atoms with Gasteiger partial charge < -0.3 is 0 Å². The highest BCUT2D eigenvalue weighted by atomic mass is 32.1. The molecule has 1 atom stereocenters. The van der Waals surface area contributed by atoms with Crippen LogP contribution >= 0.6 is 11.3 Å². The third-order valence-electron chi connectivity index (χ3n) is 4.40. The van der Waals surface area contributed by atoms with Crippen molar-refractivity contribution < 1.29 is 0 Å². The van der Waals surface area contributed by atoms with Crippen molar-refractivity contribution in [3.8, 4) is 0 Å². The maximum atomic E-state index is 4.04. The fraction of sp³-hybridized carbons (Fsp3) is 0.750. The smallest absolute Gasteiger partial charge is 0.00761 e. The van der Waals surface area contributed by atoms with Gasteiger partial charge in [0.1, 0.15) is 0 Å². The van der Waals surface area contributed by atoms with Crippen LogP contribution in [-0.2, 0) is 0 Å². The molecular formula is C20H35S. The molecule has 0 aliphatic carbocycles. The molecule has 0 fully saturated rings. The Hall–Kier alpha value is -0.300. The van der Waals surface area contributed by atoms with Gasteiger partial charge in [0.25, 0.3) is 0 Å². The van der Waals surface area contributed by atoms with E-state index >= 15 is 0 Å². The van der Waals surface area contributed by atoms with E-state index in [4.69, 9.17) is 0 Å². The van der Waals surface area contributed by atoms with Gasteiger partial charge in [-0.3, -0.25) is 0 Å². The minimum absolute atomic E-state index is 0.775. The molecule has 0 amide bonds. The molecule has 1 aromatic heterocycles. The Bertz CT molecular complexity index is 302. The lowest BCUT2D eigenvalue weighted by atomic mass is 9.94. The molecule has 0 aliphatic heterocycles. The molecule has 0 N–H and O–H groups in total. The average molecular weight is 308 g/mol. The van der Waals surface area contributed by atoms with Crippen molar-refractivity contribution in [3.05, 3.63) is 29.3 Å². The van der Waals surface area contributed by atoms with Gasteiger partial charge in [-0.15, -0.1) is 11.3 Å². The summed E-state index contributed by atoms with van der Waals surface area (Å²) in [4.78, 5) is 1.58. The Kier molecular flexibility index (Phi) is 11.9. The average Bonchev–Trinajstić information content (AvgIpc) is 3.02. The van der Waals surface area contributed by atoms with E-state index in [9.17, 15) is 0 Å². The summed E-state index contributed by atoms with van der Waals surface area (Å²) < 4.78 is 0. The van der Waals surface area contributed by atoms with Gasteiger partial charge in [-0.1, -0.05) is 90.5 Å². The van der Waals surface area contributed by atoms with Crippen molar-refractivity contribution in [3.63, 3.8) is 0 Å². The number of hydrogen-bond donors (Lipinski definition) is 0. The lowest BCUT2D eigenvalue weighted by Crippen LogP contribution is -1.96. The van der Waals surface area contributed by atoms with E-state index < -0.39 is 0 Å². The van der Waals surface area contributed by atoms with Gasteiger partial charge in [0.2, 0.25) is 0 Å². The monoisotopic (exact) mass is 307 g/mol. The van der Waals surface area contributed by atoms with Crippen molar-refractivity contribution in [2.24, 2.45) is 0 Å². The van der Waals surface area contributed by atoms with Gasteiger partial charge in [0.15, 0.2) is 0 Å². The van der Waals surface area contributed by atoms with Crippen molar-refractivity contribution in [2.75, 3.05) is 0 Å². The summed E-state index contributed by atoms with van der Waals surface area (Å²) in [6, 6.07) is 4.50. The predicted octanol–water partition coefficient (Wildman–Crippen LogP) is 7.76. The molecule has 1 heteroatoms. The van der Waals surface area contributed by atoms with Crippen LogP contribution in [0, 0.1) is 6.92 Å². The van der Waals surface area contributed by atoms with E-state index in [1.165, 1.54) is 77.0 Å². The Morgan fingerprint density at radius 1 is 0.905 bits per heavy atom. The van der Waals surface area contributed by atoms with Crippen LogP contribution in [-0.4, -0.2) is 0 Å². The Morgan fingerprint density at radius 3 is 2.05 bits per heavy atom. The summed E-state index contributed by atoms with van der Waals surface area (Å²) in [5.74, 6) is 0.775. The minimum atomic E-state index is 0.775. The van der Waals surface area contributed by atoms with E-state index in [1.807, 2.05) is 11.3 Å². The van der Waals surface area contributed by atoms with Crippen LogP contribution in [0.3, 0.4) is 0 Å². The van der Waals surface area contributed by atoms with Crippen LogP contribution in [0.4, 0.5) is 0 Å². The molecule has 1 unspecified atom stereocenters. The molecule has 1 heterocycles. The zero-order chi connectivity index (χ0) is 15.2. The molecular weight excluding hydrogens is 272 g/mol. The van der Waals surface area contributed by atoms with Gasteiger partial charge in [-0.25, -0.2) is 0 Å². The molecule has 0 saturated heterocycles. The third-order valence-corrected chi connectivity index (χ3v) is 5.44. The predicted molar refractivity (Wildman–Crippen MR) is 98.1 cm³/mol. The lowest BCUT2D eigenvalue weighted by molar-refractivity contribution is 0.513. The van der Waals surface area contributed by atoms with Gasteiger partial charge in [-0.05, 0) is 30.2 Å². The summed E-state index contributed by atoms with van der Waals surface area (Å²) in [6.07, 6.45) is 18.0. The molecule has 1 rings (SSSR count). The summed E-state index contributed by atoms with van der Waals surface area (Å²) in [5.41, 5.74) is 0. The molecule has 0 saturated carbocycles. The van der Waals surface area contributed by atoms with E-state index in [0.29, 0.717) is 0 Å². The Balaban J connectivity index is 1.97. The highest BCUT2D eigenvalue weighted by Crippen LogP contribution is 2.30. The van der Waals surface area contributed by atoms with Crippen molar-refractivity contribution >= 4 is 11.3 Å². The lowest BCUT2D eigenvalue weighted by Gasteiger charge is -2.14. The van der Waals surface area contributed by atoms with Crippen LogP contribution in [0.5, 0.6) is 0 Å². The molecule has 0 spiro atoms. The summed E-state index contributed by atoms with van der Waals surface area (Å²) in [5, 5.41) is 2.21. The first-order valence-corrected chi connectivity index (χ1v) is 10.1. The van der Waals surface area contributed by atoms with Crippen LogP contribution in [0.25, 0.3) is 0 Å². The van der Waals surface area contributed by atoms with Gasteiger partial charge >= 0.3 is 0 Å². The van der Waals surface area contributed by atoms with Gasteiger partial charge in [0.05, 0.1) is 0 Å². The zero-order valence-electron chi connectivity index (χ0n) is 14.1. The van der Waals surface area contributed by atoms with Crippen molar-refractivity contribution in [1.82, 2.24) is 0 Å². The first-order valence-electron chi connectivity index (χ1n) is 9.21. The number of unbranched alkanes of at least 4 members (excludes halogenated alkanes) is 9. The number of hydrogen-bond acceptors (Lipinski definition) is 1.